The Morgan fingerprint density at radius 3 is 2.46 bits per heavy atom. The molecule has 0 atom stereocenters. The number of hydrogen-bond acceptors (Lipinski definition) is 7. The number of nitro benzene ring substituents is 1. The third-order valence-electron chi connectivity index (χ3n) is 3.13. The van der Waals surface area contributed by atoms with Gasteiger partial charge in [0.1, 0.15) is 18.1 Å². The fourth-order valence-electron chi connectivity index (χ4n) is 2.02. The molecule has 0 unspecified atom stereocenters. The third kappa shape index (κ3) is 3.22. The Balaban J connectivity index is 1.90. The van der Waals surface area contributed by atoms with Gasteiger partial charge in [-0.15, -0.1) is 0 Å². The standard InChI is InChI=1S/C14H10ClNO7S/c15-11-7-9(16(17)18)1-3-12(11)23-24(19,20)10-2-4-13-14(8-10)22-6-5-21-13/h1-4,7-8H,5-6H2. The highest BCUT2D eigenvalue weighted by atomic mass is 35.5. The van der Waals surface area contributed by atoms with Gasteiger partial charge in [-0.2, -0.15) is 8.42 Å². The zero-order valence-electron chi connectivity index (χ0n) is 12.0. The zero-order chi connectivity index (χ0) is 17.3. The van der Waals surface area contributed by atoms with Gasteiger partial charge < -0.3 is 13.7 Å². The van der Waals surface area contributed by atoms with Crippen molar-refractivity contribution >= 4 is 27.4 Å². The Morgan fingerprint density at radius 1 is 1.08 bits per heavy atom. The lowest BCUT2D eigenvalue weighted by Crippen LogP contribution is -2.16. The van der Waals surface area contributed by atoms with E-state index in [0.29, 0.717) is 24.7 Å². The third-order valence-corrected chi connectivity index (χ3v) is 4.65. The van der Waals surface area contributed by atoms with Crippen molar-refractivity contribution in [2.45, 2.75) is 4.90 Å². The van der Waals surface area contributed by atoms with Crippen molar-refractivity contribution in [1.29, 1.82) is 0 Å². The number of ether oxygens (including phenoxy) is 2. The van der Waals surface area contributed by atoms with Crippen LogP contribution in [0, 0.1) is 10.1 Å². The second-order valence-corrected chi connectivity index (χ2v) is 6.67. The molecule has 126 valence electrons. The first-order valence-electron chi connectivity index (χ1n) is 6.65. The highest BCUT2D eigenvalue weighted by molar-refractivity contribution is 7.87. The monoisotopic (exact) mass is 371 g/mol. The molecular weight excluding hydrogens is 362 g/mol. The van der Waals surface area contributed by atoms with Crippen LogP contribution in [0.4, 0.5) is 5.69 Å². The van der Waals surface area contributed by atoms with Crippen LogP contribution in [0.1, 0.15) is 0 Å². The van der Waals surface area contributed by atoms with Gasteiger partial charge in [-0.05, 0) is 18.2 Å². The average molecular weight is 372 g/mol. The highest BCUT2D eigenvalue weighted by Crippen LogP contribution is 2.35. The second-order valence-electron chi connectivity index (χ2n) is 4.71. The number of fused-ring (bicyclic) bond motifs is 1. The van der Waals surface area contributed by atoms with Crippen molar-refractivity contribution in [3.63, 3.8) is 0 Å². The Bertz CT molecular complexity index is 913. The van der Waals surface area contributed by atoms with Crippen LogP contribution in [0.5, 0.6) is 17.2 Å². The molecule has 24 heavy (non-hydrogen) atoms. The van der Waals surface area contributed by atoms with Crippen molar-refractivity contribution in [3.8, 4) is 17.2 Å². The Morgan fingerprint density at radius 2 is 1.79 bits per heavy atom. The van der Waals surface area contributed by atoms with E-state index in [1.807, 2.05) is 0 Å². The molecule has 0 radical (unpaired) electrons. The molecule has 8 nitrogen and oxygen atoms in total. The number of rotatable bonds is 4. The van der Waals surface area contributed by atoms with E-state index >= 15 is 0 Å². The Labute approximate surface area is 141 Å². The van der Waals surface area contributed by atoms with E-state index in [4.69, 9.17) is 25.3 Å². The number of non-ortho nitro benzene ring substituents is 1. The number of benzene rings is 2. The van der Waals surface area contributed by atoms with E-state index in [-0.39, 0.29) is 21.4 Å². The summed E-state index contributed by atoms with van der Waals surface area (Å²) in [6.07, 6.45) is 0. The van der Waals surface area contributed by atoms with Gasteiger partial charge in [-0.25, -0.2) is 0 Å². The number of nitrogens with zero attached hydrogens (tertiary/aromatic N) is 1. The molecule has 0 fully saturated rings. The predicted octanol–water partition coefficient (Wildman–Crippen LogP) is 2.79. The van der Waals surface area contributed by atoms with Gasteiger partial charge in [-0.3, -0.25) is 10.1 Å². The van der Waals surface area contributed by atoms with Gasteiger partial charge in [0.2, 0.25) is 0 Å². The zero-order valence-corrected chi connectivity index (χ0v) is 13.5. The fourth-order valence-corrected chi connectivity index (χ4v) is 3.24. The predicted molar refractivity (Wildman–Crippen MR) is 83.4 cm³/mol. The lowest BCUT2D eigenvalue weighted by atomic mass is 10.3. The van der Waals surface area contributed by atoms with E-state index in [1.165, 1.54) is 18.2 Å². The normalized spacial score (nSPS) is 13.4. The molecule has 0 spiro atoms. The molecule has 0 bridgehead atoms. The maximum atomic E-state index is 12.3. The fraction of sp³-hybridized carbons (Fsp3) is 0.143. The SMILES string of the molecule is O=[N+]([O-])c1ccc(OS(=O)(=O)c2ccc3c(c2)OCCO3)c(Cl)c1. The minimum Gasteiger partial charge on any atom is -0.486 e. The molecule has 10 heteroatoms. The Hall–Kier alpha value is -2.52. The molecule has 0 saturated heterocycles. The van der Waals surface area contributed by atoms with Crippen molar-refractivity contribution in [1.82, 2.24) is 0 Å². The number of nitro groups is 1. The van der Waals surface area contributed by atoms with Crippen LogP contribution >= 0.6 is 11.6 Å². The molecule has 2 aromatic rings. The lowest BCUT2D eigenvalue weighted by Gasteiger charge is -2.18. The molecular formula is C14H10ClNO7S. The van der Waals surface area contributed by atoms with Gasteiger partial charge >= 0.3 is 10.1 Å². The van der Waals surface area contributed by atoms with Crippen molar-refractivity contribution in [2.24, 2.45) is 0 Å². The minimum atomic E-state index is -4.19. The number of halogens is 1. The van der Waals surface area contributed by atoms with Crippen LogP contribution in [0.2, 0.25) is 5.02 Å². The molecule has 2 aromatic carbocycles. The molecule has 0 saturated carbocycles. The van der Waals surface area contributed by atoms with Crippen LogP contribution in [-0.4, -0.2) is 26.6 Å². The van der Waals surface area contributed by atoms with Gasteiger partial charge in [0.25, 0.3) is 5.69 Å². The summed E-state index contributed by atoms with van der Waals surface area (Å²) >= 11 is 5.84. The summed E-state index contributed by atoms with van der Waals surface area (Å²) in [5, 5.41) is 10.5. The van der Waals surface area contributed by atoms with Crippen molar-refractivity contribution in [3.05, 3.63) is 51.5 Å². The van der Waals surface area contributed by atoms with Crippen LogP contribution in [0.15, 0.2) is 41.3 Å². The van der Waals surface area contributed by atoms with Gasteiger partial charge in [0.15, 0.2) is 17.2 Å². The summed E-state index contributed by atoms with van der Waals surface area (Å²) < 4.78 is 40.3. The highest BCUT2D eigenvalue weighted by Gasteiger charge is 2.23. The molecule has 1 aliphatic heterocycles. The lowest BCUT2D eigenvalue weighted by molar-refractivity contribution is -0.384. The van der Waals surface area contributed by atoms with Crippen molar-refractivity contribution in [2.75, 3.05) is 13.2 Å². The van der Waals surface area contributed by atoms with Gasteiger partial charge in [0, 0.05) is 18.2 Å². The van der Waals surface area contributed by atoms with E-state index in [2.05, 4.69) is 0 Å². The minimum absolute atomic E-state index is 0.152. The van der Waals surface area contributed by atoms with Crippen LogP contribution in [-0.2, 0) is 10.1 Å². The largest absolute Gasteiger partial charge is 0.486 e. The van der Waals surface area contributed by atoms with Gasteiger partial charge in [-0.1, -0.05) is 11.6 Å². The van der Waals surface area contributed by atoms with Crippen LogP contribution in [0.25, 0.3) is 0 Å². The molecule has 0 aromatic heterocycles. The topological polar surface area (TPSA) is 105 Å². The summed E-state index contributed by atoms with van der Waals surface area (Å²) in [6, 6.07) is 7.28. The van der Waals surface area contributed by atoms with Crippen LogP contribution in [0.3, 0.4) is 0 Å². The molecule has 1 heterocycles. The van der Waals surface area contributed by atoms with E-state index < -0.39 is 15.0 Å². The smallest absolute Gasteiger partial charge is 0.339 e. The summed E-state index contributed by atoms with van der Waals surface area (Å²) in [5.41, 5.74) is -0.274. The quantitative estimate of drug-likeness (QED) is 0.462. The number of hydrogen-bond donors (Lipinski definition) is 0. The maximum absolute atomic E-state index is 12.3. The van der Waals surface area contributed by atoms with Crippen LogP contribution < -0.4 is 13.7 Å². The summed E-state index contributed by atoms with van der Waals surface area (Å²) in [5.74, 6) is 0.520. The molecule has 0 aliphatic carbocycles. The van der Waals surface area contributed by atoms with Gasteiger partial charge in [0.05, 0.1) is 9.95 Å². The Kier molecular flexibility index (Phi) is 4.20. The first kappa shape index (κ1) is 16.3. The second kappa shape index (κ2) is 6.17. The molecule has 0 N–H and O–H groups in total. The van der Waals surface area contributed by atoms with Crippen molar-refractivity contribution < 1.29 is 27.0 Å². The summed E-state index contributed by atoms with van der Waals surface area (Å²) in [6.45, 7) is 0.694. The van der Waals surface area contributed by atoms with E-state index in [9.17, 15) is 18.5 Å². The summed E-state index contributed by atoms with van der Waals surface area (Å²) in [7, 11) is -4.19. The molecule has 0 amide bonds. The molecule has 3 rings (SSSR count). The average Bonchev–Trinajstić information content (AvgIpc) is 2.56. The van der Waals surface area contributed by atoms with E-state index in [0.717, 1.165) is 18.2 Å². The first-order valence-corrected chi connectivity index (χ1v) is 8.43. The summed E-state index contributed by atoms with van der Waals surface area (Å²) in [4.78, 5) is 9.87. The molecule has 1 aliphatic rings. The van der Waals surface area contributed by atoms with E-state index in [1.54, 1.807) is 0 Å². The maximum Gasteiger partial charge on any atom is 0.339 e. The first-order chi connectivity index (χ1) is 11.4.